The van der Waals surface area contributed by atoms with E-state index in [-0.39, 0.29) is 11.2 Å². The van der Waals surface area contributed by atoms with E-state index in [1.54, 1.807) is 0 Å². The molecule has 1 fully saturated rings. The lowest BCUT2D eigenvalue weighted by Gasteiger charge is -2.39. The van der Waals surface area contributed by atoms with Gasteiger partial charge in [0, 0.05) is 0 Å². The molecule has 0 amide bonds. The Morgan fingerprint density at radius 2 is 2.00 bits per heavy atom. The average Bonchev–Trinajstić information content (AvgIpc) is 1.77. The van der Waals surface area contributed by atoms with Gasteiger partial charge >= 0.3 is 0 Å². The molecule has 0 aromatic heterocycles. The Bertz CT molecular complexity index is 225. The van der Waals surface area contributed by atoms with Gasteiger partial charge in [0.1, 0.15) is 0 Å². The van der Waals surface area contributed by atoms with Gasteiger partial charge in [-0.1, -0.05) is 6.42 Å². The first-order chi connectivity index (χ1) is 4.97. The molecular formula is C6H13NO2S2. The van der Waals surface area contributed by atoms with Crippen molar-refractivity contribution in [2.75, 3.05) is 11.5 Å². The highest BCUT2D eigenvalue weighted by molar-refractivity contribution is 7.89. The second kappa shape index (κ2) is 2.95. The van der Waals surface area contributed by atoms with Gasteiger partial charge in [0.05, 0.1) is 5.75 Å². The van der Waals surface area contributed by atoms with Gasteiger partial charge in [-0.15, -0.1) is 0 Å². The highest BCUT2D eigenvalue weighted by atomic mass is 32.2. The van der Waals surface area contributed by atoms with Crippen molar-refractivity contribution in [2.45, 2.75) is 19.3 Å². The summed E-state index contributed by atoms with van der Waals surface area (Å²) in [6, 6.07) is 0. The molecule has 0 bridgehead atoms. The Labute approximate surface area is 72.8 Å². The van der Waals surface area contributed by atoms with Crippen LogP contribution in [-0.4, -0.2) is 19.9 Å². The molecule has 5 heteroatoms. The van der Waals surface area contributed by atoms with E-state index in [0.717, 1.165) is 19.3 Å². The minimum absolute atomic E-state index is 0.101. The maximum Gasteiger partial charge on any atom is 0.209 e. The number of hydrogen-bond acceptors (Lipinski definition) is 3. The first-order valence-electron chi connectivity index (χ1n) is 3.59. The summed E-state index contributed by atoms with van der Waals surface area (Å²) in [6.07, 6.45) is 3.01. The van der Waals surface area contributed by atoms with Crippen LogP contribution in [-0.2, 0) is 10.0 Å². The zero-order chi connectivity index (χ0) is 8.54. The van der Waals surface area contributed by atoms with Crippen LogP contribution in [0.3, 0.4) is 0 Å². The Morgan fingerprint density at radius 1 is 1.45 bits per heavy atom. The SMILES string of the molecule is NS(=O)(=O)CC1(CS)CCC1. The molecule has 0 radical (unpaired) electrons. The summed E-state index contributed by atoms with van der Waals surface area (Å²) >= 11 is 4.12. The average molecular weight is 195 g/mol. The van der Waals surface area contributed by atoms with E-state index in [9.17, 15) is 8.42 Å². The van der Waals surface area contributed by atoms with E-state index in [2.05, 4.69) is 12.6 Å². The van der Waals surface area contributed by atoms with Crippen molar-refractivity contribution in [3.8, 4) is 0 Å². The van der Waals surface area contributed by atoms with E-state index in [4.69, 9.17) is 5.14 Å². The van der Waals surface area contributed by atoms with Crippen LogP contribution in [0.2, 0.25) is 0 Å². The quantitative estimate of drug-likeness (QED) is 0.639. The first-order valence-corrected chi connectivity index (χ1v) is 5.94. The van der Waals surface area contributed by atoms with E-state index in [1.807, 2.05) is 0 Å². The summed E-state index contributed by atoms with van der Waals surface area (Å²) in [5.41, 5.74) is -0.101. The van der Waals surface area contributed by atoms with Gasteiger partial charge in [0.25, 0.3) is 0 Å². The summed E-state index contributed by atoms with van der Waals surface area (Å²) in [5, 5.41) is 4.94. The number of primary sulfonamides is 1. The summed E-state index contributed by atoms with van der Waals surface area (Å²) in [7, 11) is -3.30. The molecule has 2 N–H and O–H groups in total. The van der Waals surface area contributed by atoms with Crippen molar-refractivity contribution in [3.63, 3.8) is 0 Å². The third kappa shape index (κ3) is 2.35. The monoisotopic (exact) mass is 195 g/mol. The Hall–Kier alpha value is 0.260. The van der Waals surface area contributed by atoms with Crippen molar-refractivity contribution in [1.29, 1.82) is 0 Å². The van der Waals surface area contributed by atoms with Gasteiger partial charge < -0.3 is 0 Å². The third-order valence-corrected chi connectivity index (χ3v) is 3.94. The molecule has 1 aliphatic rings. The van der Waals surface area contributed by atoms with Gasteiger partial charge in [-0.25, -0.2) is 13.6 Å². The Balaban J connectivity index is 2.59. The second-order valence-electron chi connectivity index (χ2n) is 3.32. The summed E-state index contributed by atoms with van der Waals surface area (Å²) in [4.78, 5) is 0. The van der Waals surface area contributed by atoms with Gasteiger partial charge in [-0.05, 0) is 24.0 Å². The zero-order valence-corrected chi connectivity index (χ0v) is 8.00. The van der Waals surface area contributed by atoms with Crippen molar-refractivity contribution >= 4 is 22.7 Å². The lowest BCUT2D eigenvalue weighted by molar-refractivity contribution is 0.201. The molecule has 1 aliphatic carbocycles. The molecule has 0 aromatic carbocycles. The topological polar surface area (TPSA) is 60.2 Å². The number of hydrogen-bond donors (Lipinski definition) is 2. The van der Waals surface area contributed by atoms with Crippen LogP contribution in [0, 0.1) is 5.41 Å². The molecule has 1 rings (SSSR count). The zero-order valence-electron chi connectivity index (χ0n) is 6.28. The van der Waals surface area contributed by atoms with Gasteiger partial charge in [-0.2, -0.15) is 12.6 Å². The number of nitrogens with two attached hydrogens (primary N) is 1. The molecule has 0 saturated heterocycles. The second-order valence-corrected chi connectivity index (χ2v) is 5.25. The number of rotatable bonds is 3. The summed E-state index contributed by atoms with van der Waals surface area (Å²) < 4.78 is 21.5. The van der Waals surface area contributed by atoms with Crippen molar-refractivity contribution < 1.29 is 8.42 Å². The molecular weight excluding hydrogens is 182 g/mol. The Kier molecular flexibility index (Phi) is 2.51. The van der Waals surface area contributed by atoms with Crippen LogP contribution in [0.15, 0.2) is 0 Å². The highest BCUT2D eigenvalue weighted by Gasteiger charge is 2.38. The lowest BCUT2D eigenvalue weighted by Crippen LogP contribution is -2.40. The fourth-order valence-corrected chi connectivity index (χ4v) is 3.28. The minimum Gasteiger partial charge on any atom is -0.229 e. The minimum atomic E-state index is -3.30. The van der Waals surface area contributed by atoms with E-state index >= 15 is 0 Å². The van der Waals surface area contributed by atoms with Crippen molar-refractivity contribution in [3.05, 3.63) is 0 Å². The number of sulfonamides is 1. The molecule has 11 heavy (non-hydrogen) atoms. The van der Waals surface area contributed by atoms with Crippen molar-refractivity contribution in [1.82, 2.24) is 0 Å². The Morgan fingerprint density at radius 3 is 2.09 bits per heavy atom. The fourth-order valence-electron chi connectivity index (χ4n) is 1.45. The van der Waals surface area contributed by atoms with E-state index < -0.39 is 10.0 Å². The van der Waals surface area contributed by atoms with Crippen LogP contribution >= 0.6 is 12.6 Å². The molecule has 0 aliphatic heterocycles. The third-order valence-electron chi connectivity index (χ3n) is 2.26. The van der Waals surface area contributed by atoms with Crippen molar-refractivity contribution in [2.24, 2.45) is 10.6 Å². The van der Waals surface area contributed by atoms with Gasteiger partial charge in [0.2, 0.25) is 10.0 Å². The maximum absolute atomic E-state index is 10.7. The van der Waals surface area contributed by atoms with E-state index in [1.165, 1.54) is 0 Å². The van der Waals surface area contributed by atoms with Crippen LogP contribution in [0.4, 0.5) is 0 Å². The molecule has 0 heterocycles. The van der Waals surface area contributed by atoms with Crippen LogP contribution < -0.4 is 5.14 Å². The van der Waals surface area contributed by atoms with Gasteiger partial charge in [-0.3, -0.25) is 0 Å². The van der Waals surface area contributed by atoms with E-state index in [0.29, 0.717) is 5.75 Å². The number of thiol groups is 1. The molecule has 1 saturated carbocycles. The summed E-state index contributed by atoms with van der Waals surface area (Å²) in [6.45, 7) is 0. The summed E-state index contributed by atoms with van der Waals surface area (Å²) in [5.74, 6) is 0.729. The molecule has 0 unspecified atom stereocenters. The van der Waals surface area contributed by atoms with Crippen LogP contribution in [0.1, 0.15) is 19.3 Å². The molecule has 3 nitrogen and oxygen atoms in total. The normalized spacial score (nSPS) is 22.7. The fraction of sp³-hybridized carbons (Fsp3) is 1.00. The molecule has 0 atom stereocenters. The molecule has 0 spiro atoms. The predicted octanol–water partition coefficient (Wildman–Crippen LogP) is 0.375. The van der Waals surface area contributed by atoms with Crippen LogP contribution in [0.25, 0.3) is 0 Å². The predicted molar refractivity (Wildman–Crippen MR) is 48.1 cm³/mol. The standard InChI is InChI=1S/C6H13NO2S2/c7-11(8,9)5-6(4-10)2-1-3-6/h10H,1-5H2,(H2,7,8,9). The van der Waals surface area contributed by atoms with Gasteiger partial charge in [0.15, 0.2) is 0 Å². The molecule has 0 aromatic rings. The maximum atomic E-state index is 10.7. The highest BCUT2D eigenvalue weighted by Crippen LogP contribution is 2.42. The molecule has 66 valence electrons. The lowest BCUT2D eigenvalue weighted by atomic mass is 9.72. The van der Waals surface area contributed by atoms with Crippen LogP contribution in [0.5, 0.6) is 0 Å². The largest absolute Gasteiger partial charge is 0.229 e. The smallest absolute Gasteiger partial charge is 0.209 e. The first kappa shape index (κ1) is 9.35.